The molecule has 0 unspecified atom stereocenters. The Kier molecular flexibility index (Phi) is 5.06. The topological polar surface area (TPSA) is 78.8 Å². The van der Waals surface area contributed by atoms with E-state index in [9.17, 15) is 13.2 Å². The number of sulfonamides is 1. The molecule has 7 heteroatoms. The number of nitrogens with one attached hydrogen (secondary N) is 1. The molecule has 1 N–H and O–H groups in total. The molecule has 0 saturated carbocycles. The molecule has 6 nitrogen and oxygen atoms in total. The van der Waals surface area contributed by atoms with Gasteiger partial charge in [-0.15, -0.1) is 4.40 Å². The van der Waals surface area contributed by atoms with Crippen molar-refractivity contribution in [2.24, 2.45) is 4.40 Å². The first-order valence-corrected chi connectivity index (χ1v) is 10.1. The van der Waals surface area contributed by atoms with E-state index < -0.39 is 10.0 Å². The quantitative estimate of drug-likeness (QED) is 0.876. The van der Waals surface area contributed by atoms with E-state index in [4.69, 9.17) is 0 Å². The number of fused-ring (bicyclic) bond motifs is 1. The number of hydrogen-bond acceptors (Lipinski definition) is 4. The summed E-state index contributed by atoms with van der Waals surface area (Å²) in [5, 5.41) is 2.91. The Balaban J connectivity index is 1.69. The molecule has 0 fully saturated rings. The zero-order valence-corrected chi connectivity index (χ0v) is 16.7. The standard InChI is InChI=1S/C20H23N3O3S/c1-13-9-14(2)17(15(3)10-13)11-21-19(24)12-23(4)20-16-7-5-6-8-18(16)27(25,26)22-20/h5-10H,11-12H2,1-4H3,(H,21,24). The van der Waals surface area contributed by atoms with E-state index in [1.807, 2.05) is 20.8 Å². The van der Waals surface area contributed by atoms with Crippen LogP contribution in [0.5, 0.6) is 0 Å². The van der Waals surface area contributed by atoms with E-state index in [0.717, 1.165) is 16.7 Å². The van der Waals surface area contributed by atoms with Gasteiger partial charge < -0.3 is 10.2 Å². The normalized spacial score (nSPS) is 14.4. The van der Waals surface area contributed by atoms with Crippen LogP contribution in [0.2, 0.25) is 0 Å². The second-order valence-electron chi connectivity index (χ2n) is 6.90. The van der Waals surface area contributed by atoms with Crippen LogP contribution in [0.25, 0.3) is 0 Å². The zero-order chi connectivity index (χ0) is 19.8. The highest BCUT2D eigenvalue weighted by molar-refractivity contribution is 7.90. The van der Waals surface area contributed by atoms with Crippen molar-refractivity contribution in [1.82, 2.24) is 10.2 Å². The molecular formula is C20H23N3O3S. The van der Waals surface area contributed by atoms with Crippen molar-refractivity contribution in [1.29, 1.82) is 0 Å². The first-order valence-electron chi connectivity index (χ1n) is 8.68. The summed E-state index contributed by atoms with van der Waals surface area (Å²) in [4.78, 5) is 14.1. The van der Waals surface area contributed by atoms with Gasteiger partial charge in [-0.2, -0.15) is 8.42 Å². The summed E-state index contributed by atoms with van der Waals surface area (Å²) in [6.07, 6.45) is 0. The van der Waals surface area contributed by atoms with Crippen LogP contribution in [0.3, 0.4) is 0 Å². The first-order chi connectivity index (χ1) is 12.7. The highest BCUT2D eigenvalue weighted by atomic mass is 32.2. The summed E-state index contributed by atoms with van der Waals surface area (Å²) in [6, 6.07) is 10.8. The van der Waals surface area contributed by atoms with Crippen molar-refractivity contribution in [3.63, 3.8) is 0 Å². The van der Waals surface area contributed by atoms with E-state index in [1.165, 1.54) is 11.6 Å². The lowest BCUT2D eigenvalue weighted by Crippen LogP contribution is -2.38. The molecule has 0 saturated heterocycles. The zero-order valence-electron chi connectivity index (χ0n) is 15.9. The summed E-state index contributed by atoms with van der Waals surface area (Å²) >= 11 is 0. The molecule has 0 atom stereocenters. The minimum atomic E-state index is -3.69. The third kappa shape index (κ3) is 3.88. The smallest absolute Gasteiger partial charge is 0.285 e. The fraction of sp³-hybridized carbons (Fsp3) is 0.300. The third-order valence-corrected chi connectivity index (χ3v) is 5.98. The van der Waals surface area contributed by atoms with Crippen LogP contribution in [-0.4, -0.2) is 38.7 Å². The van der Waals surface area contributed by atoms with Crippen molar-refractivity contribution >= 4 is 21.8 Å². The van der Waals surface area contributed by atoms with Crippen LogP contribution in [-0.2, 0) is 21.4 Å². The van der Waals surface area contributed by atoms with Crippen molar-refractivity contribution in [3.8, 4) is 0 Å². The summed E-state index contributed by atoms with van der Waals surface area (Å²) in [5.41, 5.74) is 5.10. The number of aryl methyl sites for hydroxylation is 3. The monoisotopic (exact) mass is 385 g/mol. The predicted molar refractivity (Wildman–Crippen MR) is 105 cm³/mol. The van der Waals surface area contributed by atoms with E-state index in [2.05, 4.69) is 21.8 Å². The Morgan fingerprint density at radius 3 is 2.41 bits per heavy atom. The predicted octanol–water partition coefficient (Wildman–Crippen LogP) is 2.31. The lowest BCUT2D eigenvalue weighted by Gasteiger charge is -2.19. The number of likely N-dealkylation sites (N-methyl/N-ethyl adjacent to an activating group) is 1. The van der Waals surface area contributed by atoms with Crippen LogP contribution in [0.4, 0.5) is 0 Å². The van der Waals surface area contributed by atoms with E-state index in [-0.39, 0.29) is 17.3 Å². The van der Waals surface area contributed by atoms with Gasteiger partial charge in [0.2, 0.25) is 5.91 Å². The first kappa shape index (κ1) is 19.1. The number of benzene rings is 2. The highest BCUT2D eigenvalue weighted by Gasteiger charge is 2.30. The average molecular weight is 385 g/mol. The molecule has 1 aliphatic heterocycles. The number of carbonyl (C=O) groups excluding carboxylic acids is 1. The van der Waals surface area contributed by atoms with E-state index >= 15 is 0 Å². The van der Waals surface area contributed by atoms with Crippen molar-refractivity contribution < 1.29 is 13.2 Å². The van der Waals surface area contributed by atoms with Crippen LogP contribution in [0.1, 0.15) is 27.8 Å². The lowest BCUT2D eigenvalue weighted by molar-refractivity contribution is -0.121. The fourth-order valence-electron chi connectivity index (χ4n) is 3.39. The summed E-state index contributed by atoms with van der Waals surface area (Å²) in [7, 11) is -2.03. The molecule has 0 spiro atoms. The lowest BCUT2D eigenvalue weighted by atomic mass is 10.00. The molecule has 2 aromatic carbocycles. The van der Waals surface area contributed by atoms with E-state index in [1.54, 1.807) is 30.1 Å². The molecule has 3 rings (SSSR count). The Bertz CT molecular complexity index is 1020. The van der Waals surface area contributed by atoms with Crippen LogP contribution in [0, 0.1) is 20.8 Å². The van der Waals surface area contributed by atoms with Gasteiger partial charge in [0.15, 0.2) is 5.84 Å². The number of amidine groups is 1. The molecule has 0 aromatic heterocycles. The second kappa shape index (κ2) is 7.15. The van der Waals surface area contributed by atoms with Gasteiger partial charge in [-0.3, -0.25) is 4.79 Å². The van der Waals surface area contributed by atoms with Crippen LogP contribution in [0.15, 0.2) is 45.7 Å². The van der Waals surface area contributed by atoms with Gasteiger partial charge in [0.05, 0.1) is 6.54 Å². The molecule has 2 aromatic rings. The summed E-state index contributed by atoms with van der Waals surface area (Å²) < 4.78 is 28.1. The Hall–Kier alpha value is -2.67. The summed E-state index contributed by atoms with van der Waals surface area (Å²) in [5.74, 6) is 0.102. The Morgan fingerprint density at radius 1 is 1.11 bits per heavy atom. The number of rotatable bonds is 4. The minimum absolute atomic E-state index is 0.0205. The molecular weight excluding hydrogens is 362 g/mol. The molecule has 0 aliphatic carbocycles. The maximum absolute atomic E-state index is 12.4. The SMILES string of the molecule is Cc1cc(C)c(CNC(=O)CN(C)C2=NS(=O)(=O)c3ccccc32)c(C)c1. The maximum atomic E-state index is 12.4. The average Bonchev–Trinajstić information content (AvgIpc) is 2.86. The van der Waals surface area contributed by atoms with Gasteiger partial charge >= 0.3 is 0 Å². The highest BCUT2D eigenvalue weighted by Crippen LogP contribution is 2.26. The molecule has 27 heavy (non-hydrogen) atoms. The maximum Gasteiger partial charge on any atom is 0.285 e. The molecule has 1 amide bonds. The van der Waals surface area contributed by atoms with Crippen molar-refractivity contribution in [2.45, 2.75) is 32.2 Å². The number of nitrogens with zero attached hydrogens (tertiary/aromatic N) is 2. The molecule has 142 valence electrons. The van der Waals surface area contributed by atoms with Gasteiger partial charge in [-0.1, -0.05) is 29.8 Å². The minimum Gasteiger partial charge on any atom is -0.350 e. The molecule has 0 radical (unpaired) electrons. The molecule has 0 bridgehead atoms. The van der Waals surface area contributed by atoms with Crippen molar-refractivity contribution in [3.05, 3.63) is 64.2 Å². The molecule has 1 heterocycles. The second-order valence-corrected chi connectivity index (χ2v) is 8.47. The number of carbonyl (C=O) groups is 1. The van der Waals surface area contributed by atoms with E-state index in [0.29, 0.717) is 17.9 Å². The Labute approximate surface area is 160 Å². The van der Waals surface area contributed by atoms with Gasteiger partial charge in [-0.25, -0.2) is 0 Å². The van der Waals surface area contributed by atoms with Crippen molar-refractivity contribution in [2.75, 3.05) is 13.6 Å². The van der Waals surface area contributed by atoms with Crippen LogP contribution < -0.4 is 5.32 Å². The molecule has 1 aliphatic rings. The number of amides is 1. The van der Waals surface area contributed by atoms with Gasteiger partial charge in [0.1, 0.15) is 4.90 Å². The van der Waals surface area contributed by atoms with Gasteiger partial charge in [0, 0.05) is 19.2 Å². The number of hydrogen-bond donors (Lipinski definition) is 1. The van der Waals surface area contributed by atoms with Gasteiger partial charge in [-0.05, 0) is 49.6 Å². The summed E-state index contributed by atoms with van der Waals surface area (Å²) in [6.45, 7) is 6.56. The third-order valence-electron chi connectivity index (χ3n) is 4.66. The fourth-order valence-corrected chi connectivity index (χ4v) is 4.64. The Morgan fingerprint density at radius 2 is 1.74 bits per heavy atom. The van der Waals surface area contributed by atoms with Crippen LogP contribution >= 0.6 is 0 Å². The largest absolute Gasteiger partial charge is 0.350 e. The van der Waals surface area contributed by atoms with Gasteiger partial charge in [0.25, 0.3) is 10.0 Å².